The van der Waals surface area contributed by atoms with Crippen LogP contribution in [-0.4, -0.2) is 32.6 Å². The number of anilines is 2. The summed E-state index contributed by atoms with van der Waals surface area (Å²) in [4.78, 5) is 23.9. The molecule has 35 heavy (non-hydrogen) atoms. The van der Waals surface area contributed by atoms with Crippen LogP contribution in [0.5, 0.6) is 11.5 Å². The molecule has 4 rings (SSSR count). The third kappa shape index (κ3) is 8.12. The number of benzene rings is 2. The Morgan fingerprint density at radius 1 is 0.629 bits per heavy atom. The summed E-state index contributed by atoms with van der Waals surface area (Å²) in [6.07, 6.45) is 3.16. The second-order valence-electron chi connectivity index (χ2n) is 7.22. The van der Waals surface area contributed by atoms with Crippen molar-refractivity contribution in [2.45, 2.75) is 32.1 Å². The molecule has 10 nitrogen and oxygen atoms in total. The summed E-state index contributed by atoms with van der Waals surface area (Å²) in [7, 11) is 0. The maximum Gasteiger partial charge on any atom is 0.418 e. The number of hydrogen-bond acceptors (Lipinski definition) is 10. The molecule has 0 aliphatic heterocycles. The number of unbranched alkanes of at least 4 members (excludes halogenated alkanes) is 2. The van der Waals surface area contributed by atoms with E-state index < -0.39 is 12.2 Å². The van der Waals surface area contributed by atoms with E-state index in [2.05, 4.69) is 31.0 Å². The summed E-state index contributed by atoms with van der Waals surface area (Å²) >= 11 is 2.66. The Labute approximate surface area is 209 Å². The molecule has 12 heteroatoms. The smallest absolute Gasteiger partial charge is 0.410 e. The minimum Gasteiger partial charge on any atom is -0.410 e. The molecular formula is C23H22N6O4S2. The summed E-state index contributed by atoms with van der Waals surface area (Å²) in [5, 5.41) is 23.9. The highest BCUT2D eigenvalue weighted by Gasteiger charge is 2.11. The van der Waals surface area contributed by atoms with Crippen LogP contribution in [0.3, 0.4) is 0 Å². The average molecular weight is 511 g/mol. The van der Waals surface area contributed by atoms with Gasteiger partial charge in [-0.2, -0.15) is 0 Å². The Balaban J connectivity index is 1.11. The third-order valence-corrected chi connectivity index (χ3v) is 6.34. The average Bonchev–Trinajstić information content (AvgIpc) is 3.49. The van der Waals surface area contributed by atoms with Gasteiger partial charge in [-0.25, -0.2) is 9.59 Å². The van der Waals surface area contributed by atoms with Crippen LogP contribution in [0.1, 0.15) is 29.3 Å². The van der Waals surface area contributed by atoms with Gasteiger partial charge in [0.1, 0.15) is 21.5 Å². The van der Waals surface area contributed by atoms with E-state index in [1.54, 1.807) is 48.5 Å². The van der Waals surface area contributed by atoms with Gasteiger partial charge in [-0.3, -0.25) is 10.6 Å². The van der Waals surface area contributed by atoms with Gasteiger partial charge in [-0.15, -0.1) is 20.4 Å². The molecule has 2 N–H and O–H groups in total. The van der Waals surface area contributed by atoms with Gasteiger partial charge in [0.25, 0.3) is 0 Å². The molecule has 4 aromatic rings. The fraction of sp³-hybridized carbons (Fsp3) is 0.217. The molecule has 0 spiro atoms. The van der Waals surface area contributed by atoms with E-state index in [4.69, 9.17) is 9.47 Å². The van der Waals surface area contributed by atoms with Crippen LogP contribution in [0.15, 0.2) is 60.7 Å². The summed E-state index contributed by atoms with van der Waals surface area (Å²) in [6.45, 7) is 0. The first-order valence-corrected chi connectivity index (χ1v) is 12.5. The van der Waals surface area contributed by atoms with Gasteiger partial charge < -0.3 is 9.47 Å². The van der Waals surface area contributed by atoms with Gasteiger partial charge in [-0.1, -0.05) is 65.5 Å². The van der Waals surface area contributed by atoms with Crippen molar-refractivity contribution in [3.05, 3.63) is 70.7 Å². The number of aromatic nitrogens is 4. The summed E-state index contributed by atoms with van der Waals surface area (Å²) in [5.74, 6) is 0.917. The Morgan fingerprint density at radius 2 is 1.06 bits per heavy atom. The lowest BCUT2D eigenvalue weighted by Crippen LogP contribution is -2.16. The van der Waals surface area contributed by atoms with Gasteiger partial charge in [0.2, 0.25) is 10.3 Å². The predicted octanol–water partition coefficient (Wildman–Crippen LogP) is 5.57. The molecular weight excluding hydrogens is 488 g/mol. The van der Waals surface area contributed by atoms with Crippen LogP contribution in [0.2, 0.25) is 0 Å². The van der Waals surface area contributed by atoms with E-state index in [9.17, 15) is 9.59 Å². The molecule has 0 bridgehead atoms. The van der Waals surface area contributed by atoms with Crippen LogP contribution in [0, 0.1) is 0 Å². The number of aryl methyl sites for hydroxylation is 2. The van der Waals surface area contributed by atoms with Crippen LogP contribution < -0.4 is 20.1 Å². The van der Waals surface area contributed by atoms with Crippen molar-refractivity contribution in [1.29, 1.82) is 0 Å². The third-order valence-electron chi connectivity index (χ3n) is 4.54. The molecule has 2 heterocycles. The number of nitrogens with one attached hydrogen (secondary N) is 2. The maximum absolute atomic E-state index is 11.9. The van der Waals surface area contributed by atoms with Gasteiger partial charge in [0, 0.05) is 12.8 Å². The summed E-state index contributed by atoms with van der Waals surface area (Å²) < 4.78 is 10.4. The summed E-state index contributed by atoms with van der Waals surface area (Å²) in [5.41, 5.74) is 0. The van der Waals surface area contributed by atoms with Crippen molar-refractivity contribution in [3.8, 4) is 11.5 Å². The van der Waals surface area contributed by atoms with E-state index in [1.165, 1.54) is 22.7 Å². The first-order chi connectivity index (χ1) is 17.1. The lowest BCUT2D eigenvalue weighted by atomic mass is 10.1. The topological polar surface area (TPSA) is 128 Å². The molecule has 0 atom stereocenters. The normalized spacial score (nSPS) is 10.5. The van der Waals surface area contributed by atoms with Crippen molar-refractivity contribution in [2.75, 3.05) is 10.6 Å². The lowest BCUT2D eigenvalue weighted by molar-refractivity contribution is 0.214. The largest absolute Gasteiger partial charge is 0.418 e. The van der Waals surface area contributed by atoms with E-state index in [1.807, 2.05) is 12.1 Å². The molecule has 0 aliphatic carbocycles. The number of rotatable bonds is 10. The number of carbonyl (C=O) groups is 2. The number of hydrogen-bond donors (Lipinski definition) is 2. The van der Waals surface area contributed by atoms with Crippen molar-refractivity contribution in [2.24, 2.45) is 0 Å². The molecule has 2 aromatic carbocycles. The monoisotopic (exact) mass is 510 g/mol. The van der Waals surface area contributed by atoms with E-state index in [0.29, 0.717) is 21.8 Å². The molecule has 0 radical (unpaired) electrons. The zero-order valence-electron chi connectivity index (χ0n) is 18.5. The van der Waals surface area contributed by atoms with Crippen molar-refractivity contribution >= 4 is 45.1 Å². The second-order valence-corrected chi connectivity index (χ2v) is 9.34. The Kier molecular flexibility index (Phi) is 8.68. The number of ether oxygens (including phenoxy) is 2. The fourth-order valence-electron chi connectivity index (χ4n) is 2.96. The quantitative estimate of drug-likeness (QED) is 0.265. The van der Waals surface area contributed by atoms with E-state index in [-0.39, 0.29) is 0 Å². The van der Waals surface area contributed by atoms with Gasteiger partial charge in [-0.05, 0) is 37.1 Å². The van der Waals surface area contributed by atoms with Crippen LogP contribution >= 0.6 is 22.7 Å². The van der Waals surface area contributed by atoms with Gasteiger partial charge in [0.15, 0.2) is 0 Å². The molecule has 2 aromatic heterocycles. The molecule has 0 saturated heterocycles. The number of para-hydroxylation sites is 2. The van der Waals surface area contributed by atoms with Crippen LogP contribution in [0.25, 0.3) is 0 Å². The number of nitrogens with zero attached hydrogens (tertiary/aromatic N) is 4. The second kappa shape index (κ2) is 12.5. The van der Waals surface area contributed by atoms with Crippen LogP contribution in [0.4, 0.5) is 19.9 Å². The summed E-state index contributed by atoms with van der Waals surface area (Å²) in [6, 6.07) is 17.6. The molecule has 2 amide bonds. The van der Waals surface area contributed by atoms with Gasteiger partial charge in [0.05, 0.1) is 0 Å². The van der Waals surface area contributed by atoms with Crippen molar-refractivity contribution in [3.63, 3.8) is 0 Å². The minimum absolute atomic E-state index is 0.403. The predicted molar refractivity (Wildman–Crippen MR) is 133 cm³/mol. The first kappa shape index (κ1) is 24.2. The Hall–Kier alpha value is -3.90. The highest BCUT2D eigenvalue weighted by Crippen LogP contribution is 2.21. The van der Waals surface area contributed by atoms with Crippen molar-refractivity contribution in [1.82, 2.24) is 20.4 Å². The maximum atomic E-state index is 11.9. The zero-order valence-corrected chi connectivity index (χ0v) is 20.2. The van der Waals surface area contributed by atoms with E-state index >= 15 is 0 Å². The van der Waals surface area contributed by atoms with Crippen molar-refractivity contribution < 1.29 is 19.1 Å². The first-order valence-electron chi connectivity index (χ1n) is 10.9. The standard InChI is InChI=1S/C23H22N6O4S2/c30-22(32-16-10-4-1-5-11-16)24-20-28-26-18(34-20)14-8-3-9-15-19-27-29-21(35-19)25-23(31)33-17-12-6-2-7-13-17/h1-2,4-7,10-13H,3,8-9,14-15H2,(H,24,28,30)(H,25,29,31). The number of carbonyl (C=O) groups excluding carboxylic acids is 2. The highest BCUT2D eigenvalue weighted by atomic mass is 32.1. The highest BCUT2D eigenvalue weighted by molar-refractivity contribution is 7.15. The molecule has 180 valence electrons. The number of amides is 2. The van der Waals surface area contributed by atoms with Gasteiger partial charge >= 0.3 is 12.2 Å². The Morgan fingerprint density at radius 3 is 1.49 bits per heavy atom. The molecule has 0 fully saturated rings. The van der Waals surface area contributed by atoms with Crippen LogP contribution in [-0.2, 0) is 12.8 Å². The fourth-order valence-corrected chi connectivity index (χ4v) is 4.49. The molecule has 0 unspecified atom stereocenters. The zero-order chi connectivity index (χ0) is 24.3. The lowest BCUT2D eigenvalue weighted by Gasteiger charge is -2.02. The van der Waals surface area contributed by atoms with E-state index in [0.717, 1.165) is 42.1 Å². The molecule has 0 aliphatic rings. The minimum atomic E-state index is -0.599. The molecule has 0 saturated carbocycles. The SMILES string of the molecule is O=C(Nc1nnc(CCCCCc2nnc(NC(=O)Oc3ccccc3)s2)s1)Oc1ccccc1. The Bertz CT molecular complexity index is 1140.